The molecule has 0 saturated carbocycles. The number of aromatic nitrogens is 1. The van der Waals surface area contributed by atoms with E-state index >= 15 is 0 Å². The van der Waals surface area contributed by atoms with Gasteiger partial charge in [-0.2, -0.15) is 0 Å². The van der Waals surface area contributed by atoms with Crippen LogP contribution in [0.25, 0.3) is 0 Å². The number of aliphatic hydroxyl groups excluding tert-OH is 1. The van der Waals surface area contributed by atoms with Crippen LogP contribution in [0.3, 0.4) is 0 Å². The Morgan fingerprint density at radius 1 is 0.935 bits per heavy atom. The van der Waals surface area contributed by atoms with Crippen LogP contribution in [0.4, 0.5) is 0 Å². The van der Waals surface area contributed by atoms with Gasteiger partial charge in [0.25, 0.3) is 5.91 Å². The summed E-state index contributed by atoms with van der Waals surface area (Å²) in [5.74, 6) is -0.248. The lowest BCUT2D eigenvalue weighted by Crippen LogP contribution is -2.32. The van der Waals surface area contributed by atoms with Gasteiger partial charge in [-0.1, -0.05) is 60.7 Å². The van der Waals surface area contributed by atoms with Crippen LogP contribution in [-0.2, 0) is 6.42 Å². The zero-order valence-electron chi connectivity index (χ0n) is 17.7. The standard InChI is InChI=1S/C26H29N3O2/c30-25(21-11-5-2-6-12-21)24(20-9-3-1-4-10-20)28-26(31)22-13-14-23(27-19-22)15-18-29-16-7-8-17-29/h1-6,9-14,19,24-25,30H,7-8,15-18H2,(H,28,31)/t24-,25+/m0/s1. The molecule has 1 fully saturated rings. The predicted molar refractivity (Wildman–Crippen MR) is 122 cm³/mol. The summed E-state index contributed by atoms with van der Waals surface area (Å²) < 4.78 is 0. The highest BCUT2D eigenvalue weighted by Gasteiger charge is 2.25. The predicted octanol–water partition coefficient (Wildman–Crippen LogP) is 3.92. The molecule has 5 heteroatoms. The zero-order chi connectivity index (χ0) is 21.5. The van der Waals surface area contributed by atoms with Gasteiger partial charge in [-0.25, -0.2) is 0 Å². The third kappa shape index (κ3) is 5.57. The summed E-state index contributed by atoms with van der Waals surface area (Å²) in [6.07, 6.45) is 4.22. The van der Waals surface area contributed by atoms with Crippen LogP contribution in [0, 0.1) is 0 Å². The Labute approximate surface area is 183 Å². The molecule has 1 aliphatic heterocycles. The highest BCUT2D eigenvalue weighted by Crippen LogP contribution is 2.29. The van der Waals surface area contributed by atoms with E-state index in [2.05, 4.69) is 15.2 Å². The maximum atomic E-state index is 13.0. The Morgan fingerprint density at radius 2 is 1.58 bits per heavy atom. The minimum absolute atomic E-state index is 0.248. The number of benzene rings is 2. The molecule has 2 atom stereocenters. The van der Waals surface area contributed by atoms with Gasteiger partial charge in [0.2, 0.25) is 0 Å². The SMILES string of the molecule is O=C(N[C@@H](c1ccccc1)[C@H](O)c1ccccc1)c1ccc(CCN2CCCC2)nc1. The molecule has 3 aromatic rings. The van der Waals surface area contributed by atoms with E-state index in [-0.39, 0.29) is 5.91 Å². The van der Waals surface area contributed by atoms with Gasteiger partial charge in [-0.3, -0.25) is 9.78 Å². The van der Waals surface area contributed by atoms with Gasteiger partial charge in [-0.15, -0.1) is 0 Å². The van der Waals surface area contributed by atoms with Gasteiger partial charge in [0.15, 0.2) is 0 Å². The van der Waals surface area contributed by atoms with Crippen molar-refractivity contribution < 1.29 is 9.90 Å². The Bertz CT molecular complexity index is 955. The van der Waals surface area contributed by atoms with E-state index in [4.69, 9.17) is 0 Å². The Balaban J connectivity index is 1.45. The lowest BCUT2D eigenvalue weighted by molar-refractivity contribution is 0.0831. The summed E-state index contributed by atoms with van der Waals surface area (Å²) in [5.41, 5.74) is 3.09. The van der Waals surface area contributed by atoms with E-state index < -0.39 is 12.1 Å². The second kappa shape index (κ2) is 10.3. The number of nitrogens with zero attached hydrogens (tertiary/aromatic N) is 2. The maximum absolute atomic E-state index is 13.0. The van der Waals surface area contributed by atoms with Crippen LogP contribution in [0.2, 0.25) is 0 Å². The second-order valence-electron chi connectivity index (χ2n) is 8.05. The van der Waals surface area contributed by atoms with Crippen molar-refractivity contribution in [3.63, 3.8) is 0 Å². The highest BCUT2D eigenvalue weighted by molar-refractivity contribution is 5.94. The first-order valence-corrected chi connectivity index (χ1v) is 11.0. The van der Waals surface area contributed by atoms with Crippen LogP contribution < -0.4 is 5.32 Å². The number of carbonyl (C=O) groups is 1. The van der Waals surface area contributed by atoms with Crippen molar-refractivity contribution in [3.8, 4) is 0 Å². The molecular weight excluding hydrogens is 386 g/mol. The van der Waals surface area contributed by atoms with Crippen molar-refractivity contribution in [1.29, 1.82) is 0 Å². The molecule has 0 spiro atoms. The number of hydrogen-bond acceptors (Lipinski definition) is 4. The Hall–Kier alpha value is -3.02. The summed E-state index contributed by atoms with van der Waals surface area (Å²) in [6.45, 7) is 3.36. The lowest BCUT2D eigenvalue weighted by Gasteiger charge is -2.25. The van der Waals surface area contributed by atoms with E-state index in [1.807, 2.05) is 72.8 Å². The molecule has 31 heavy (non-hydrogen) atoms. The van der Waals surface area contributed by atoms with Gasteiger partial charge >= 0.3 is 0 Å². The van der Waals surface area contributed by atoms with E-state index in [9.17, 15) is 9.90 Å². The molecule has 0 bridgehead atoms. The van der Waals surface area contributed by atoms with Gasteiger partial charge in [0.05, 0.1) is 11.6 Å². The van der Waals surface area contributed by atoms with E-state index in [0.29, 0.717) is 5.56 Å². The normalized spacial score (nSPS) is 16.0. The number of aliphatic hydroxyl groups is 1. The van der Waals surface area contributed by atoms with Gasteiger partial charge < -0.3 is 15.3 Å². The average molecular weight is 416 g/mol. The maximum Gasteiger partial charge on any atom is 0.253 e. The van der Waals surface area contributed by atoms with E-state index in [1.54, 1.807) is 6.20 Å². The number of amides is 1. The molecule has 1 saturated heterocycles. The first-order chi connectivity index (χ1) is 15.2. The van der Waals surface area contributed by atoms with Crippen molar-refractivity contribution in [2.24, 2.45) is 0 Å². The summed E-state index contributed by atoms with van der Waals surface area (Å²) in [4.78, 5) is 19.9. The summed E-state index contributed by atoms with van der Waals surface area (Å²) in [6, 6.07) is 22.1. The smallest absolute Gasteiger partial charge is 0.253 e. The first kappa shape index (κ1) is 21.2. The van der Waals surface area contributed by atoms with Crippen LogP contribution in [0.15, 0.2) is 79.0 Å². The van der Waals surface area contributed by atoms with Crippen molar-refractivity contribution in [1.82, 2.24) is 15.2 Å². The second-order valence-corrected chi connectivity index (χ2v) is 8.05. The lowest BCUT2D eigenvalue weighted by atomic mass is 9.95. The highest BCUT2D eigenvalue weighted by atomic mass is 16.3. The third-order valence-corrected chi connectivity index (χ3v) is 5.87. The Kier molecular flexibility index (Phi) is 7.07. The van der Waals surface area contributed by atoms with Gasteiger partial charge in [-0.05, 0) is 49.2 Å². The third-order valence-electron chi connectivity index (χ3n) is 5.87. The number of carbonyl (C=O) groups excluding carboxylic acids is 1. The molecule has 0 radical (unpaired) electrons. The molecule has 0 aliphatic carbocycles. The number of nitrogens with one attached hydrogen (secondary N) is 1. The van der Waals surface area contributed by atoms with Crippen LogP contribution in [0.1, 0.15) is 52.2 Å². The fourth-order valence-corrected chi connectivity index (χ4v) is 4.06. The largest absolute Gasteiger partial charge is 0.386 e. The minimum Gasteiger partial charge on any atom is -0.386 e. The molecule has 1 amide bonds. The summed E-state index contributed by atoms with van der Waals surface area (Å²) >= 11 is 0. The van der Waals surface area contributed by atoms with E-state index in [1.165, 1.54) is 25.9 Å². The quantitative estimate of drug-likeness (QED) is 0.585. The molecule has 1 aromatic heterocycles. The topological polar surface area (TPSA) is 65.5 Å². The molecular formula is C26H29N3O2. The molecule has 5 nitrogen and oxygen atoms in total. The van der Waals surface area contributed by atoms with Gasteiger partial charge in [0.1, 0.15) is 6.10 Å². The monoisotopic (exact) mass is 415 g/mol. The summed E-state index contributed by atoms with van der Waals surface area (Å²) in [7, 11) is 0. The van der Waals surface area contributed by atoms with Crippen LogP contribution in [0.5, 0.6) is 0 Å². The first-order valence-electron chi connectivity index (χ1n) is 11.0. The molecule has 0 unspecified atom stereocenters. The number of rotatable bonds is 8. The molecule has 4 rings (SSSR count). The van der Waals surface area contributed by atoms with Crippen molar-refractivity contribution in [2.45, 2.75) is 31.4 Å². The van der Waals surface area contributed by atoms with Crippen molar-refractivity contribution >= 4 is 5.91 Å². The number of hydrogen-bond donors (Lipinski definition) is 2. The Morgan fingerprint density at radius 3 is 2.19 bits per heavy atom. The van der Waals surface area contributed by atoms with Crippen LogP contribution in [-0.4, -0.2) is 40.5 Å². The summed E-state index contributed by atoms with van der Waals surface area (Å²) in [5, 5.41) is 14.0. The molecule has 1 aliphatic rings. The number of pyridine rings is 1. The minimum atomic E-state index is -0.861. The fourth-order valence-electron chi connectivity index (χ4n) is 4.06. The fraction of sp³-hybridized carbons (Fsp3) is 0.308. The van der Waals surface area contributed by atoms with E-state index in [0.717, 1.165) is 29.8 Å². The molecule has 2 N–H and O–H groups in total. The average Bonchev–Trinajstić information content (AvgIpc) is 3.36. The number of likely N-dealkylation sites (tertiary alicyclic amines) is 1. The molecule has 2 heterocycles. The van der Waals surface area contributed by atoms with Crippen molar-refractivity contribution in [2.75, 3.05) is 19.6 Å². The zero-order valence-corrected chi connectivity index (χ0v) is 17.7. The van der Waals surface area contributed by atoms with Gasteiger partial charge in [0, 0.05) is 24.9 Å². The molecule has 2 aromatic carbocycles. The van der Waals surface area contributed by atoms with Crippen LogP contribution >= 0.6 is 0 Å². The van der Waals surface area contributed by atoms with Crippen molar-refractivity contribution in [3.05, 3.63) is 101 Å². The molecule has 160 valence electrons.